The SMILES string of the molecule is COC(=O)c1ccc(CNC(C)c2cc(Cl)ccc2O)cc1. The monoisotopic (exact) mass is 319 g/mol. The molecule has 0 fully saturated rings. The molecule has 1 atom stereocenters. The van der Waals surface area contributed by atoms with Gasteiger partial charge in [-0.1, -0.05) is 23.7 Å². The van der Waals surface area contributed by atoms with Crippen LogP contribution in [0.15, 0.2) is 42.5 Å². The Kier molecular flexibility index (Phi) is 5.41. The van der Waals surface area contributed by atoms with E-state index < -0.39 is 0 Å². The number of esters is 1. The Balaban J connectivity index is 2.00. The Morgan fingerprint density at radius 3 is 2.59 bits per heavy atom. The van der Waals surface area contributed by atoms with Gasteiger partial charge < -0.3 is 15.2 Å². The summed E-state index contributed by atoms with van der Waals surface area (Å²) in [5, 5.41) is 13.8. The lowest BCUT2D eigenvalue weighted by Crippen LogP contribution is -2.18. The molecule has 0 radical (unpaired) electrons. The van der Waals surface area contributed by atoms with Crippen molar-refractivity contribution >= 4 is 17.6 Å². The molecule has 1 unspecified atom stereocenters. The number of methoxy groups -OCH3 is 1. The molecule has 0 aromatic heterocycles. The van der Waals surface area contributed by atoms with E-state index in [1.54, 1.807) is 30.3 Å². The van der Waals surface area contributed by atoms with Crippen LogP contribution < -0.4 is 5.32 Å². The summed E-state index contributed by atoms with van der Waals surface area (Å²) in [6, 6.07) is 12.1. The molecule has 0 amide bonds. The summed E-state index contributed by atoms with van der Waals surface area (Å²) in [4.78, 5) is 11.4. The minimum Gasteiger partial charge on any atom is -0.508 e. The highest BCUT2D eigenvalue weighted by Crippen LogP contribution is 2.27. The number of halogens is 1. The van der Waals surface area contributed by atoms with Gasteiger partial charge in [-0.15, -0.1) is 0 Å². The molecule has 116 valence electrons. The lowest BCUT2D eigenvalue weighted by atomic mass is 10.1. The molecule has 0 aliphatic carbocycles. The van der Waals surface area contributed by atoms with Gasteiger partial charge in [-0.05, 0) is 42.8 Å². The molecule has 0 aliphatic rings. The lowest BCUT2D eigenvalue weighted by Gasteiger charge is -2.16. The summed E-state index contributed by atoms with van der Waals surface area (Å²) in [5.41, 5.74) is 2.30. The fraction of sp³-hybridized carbons (Fsp3) is 0.235. The van der Waals surface area contributed by atoms with E-state index in [2.05, 4.69) is 10.1 Å². The number of phenols is 1. The van der Waals surface area contributed by atoms with Gasteiger partial charge in [0.15, 0.2) is 0 Å². The van der Waals surface area contributed by atoms with Gasteiger partial charge >= 0.3 is 5.97 Å². The maximum atomic E-state index is 11.4. The van der Waals surface area contributed by atoms with Gasteiger partial charge in [-0.25, -0.2) is 4.79 Å². The molecule has 4 nitrogen and oxygen atoms in total. The topological polar surface area (TPSA) is 58.6 Å². The second-order valence-corrected chi connectivity index (χ2v) is 5.43. The van der Waals surface area contributed by atoms with Crippen molar-refractivity contribution in [3.8, 4) is 5.75 Å². The fourth-order valence-electron chi connectivity index (χ4n) is 2.13. The molecule has 0 saturated carbocycles. The van der Waals surface area contributed by atoms with Crippen molar-refractivity contribution in [2.75, 3.05) is 7.11 Å². The van der Waals surface area contributed by atoms with E-state index in [1.165, 1.54) is 7.11 Å². The largest absolute Gasteiger partial charge is 0.508 e. The van der Waals surface area contributed by atoms with Crippen LogP contribution in [-0.2, 0) is 11.3 Å². The number of carbonyl (C=O) groups is 1. The first-order chi connectivity index (χ1) is 10.5. The van der Waals surface area contributed by atoms with E-state index in [0.717, 1.165) is 11.1 Å². The van der Waals surface area contributed by atoms with Crippen LogP contribution in [0.1, 0.15) is 34.5 Å². The summed E-state index contributed by atoms with van der Waals surface area (Å²) >= 11 is 5.96. The number of carbonyl (C=O) groups excluding carboxylic acids is 1. The molecular weight excluding hydrogens is 302 g/mol. The summed E-state index contributed by atoms with van der Waals surface area (Å²) in [6.45, 7) is 2.56. The molecule has 2 rings (SSSR count). The molecule has 0 heterocycles. The molecular formula is C17H18ClNO3. The number of aromatic hydroxyl groups is 1. The summed E-state index contributed by atoms with van der Waals surface area (Å²) in [6.07, 6.45) is 0. The molecule has 2 aromatic rings. The van der Waals surface area contributed by atoms with Crippen LogP contribution in [0.3, 0.4) is 0 Å². The van der Waals surface area contributed by atoms with Crippen LogP contribution in [0.4, 0.5) is 0 Å². The third-order valence-corrected chi connectivity index (χ3v) is 3.68. The van der Waals surface area contributed by atoms with Crippen LogP contribution in [-0.4, -0.2) is 18.2 Å². The number of hydrogen-bond donors (Lipinski definition) is 2. The first-order valence-corrected chi connectivity index (χ1v) is 7.28. The van der Waals surface area contributed by atoms with Gasteiger partial charge in [0.2, 0.25) is 0 Å². The molecule has 5 heteroatoms. The zero-order valence-electron chi connectivity index (χ0n) is 12.5. The summed E-state index contributed by atoms with van der Waals surface area (Å²) < 4.78 is 4.66. The van der Waals surface area contributed by atoms with E-state index >= 15 is 0 Å². The molecule has 0 bridgehead atoms. The first-order valence-electron chi connectivity index (χ1n) is 6.90. The number of hydrogen-bond acceptors (Lipinski definition) is 4. The average molecular weight is 320 g/mol. The minimum atomic E-state index is -0.350. The van der Waals surface area contributed by atoms with E-state index in [0.29, 0.717) is 17.1 Å². The zero-order chi connectivity index (χ0) is 16.1. The quantitative estimate of drug-likeness (QED) is 0.825. The Labute approximate surface area is 134 Å². The summed E-state index contributed by atoms with van der Waals surface area (Å²) in [5.74, 6) is -0.137. The highest BCUT2D eigenvalue weighted by molar-refractivity contribution is 6.30. The van der Waals surface area contributed by atoms with Crippen LogP contribution in [0.2, 0.25) is 5.02 Å². The molecule has 0 spiro atoms. The predicted molar refractivity (Wildman–Crippen MR) is 86.2 cm³/mol. The van der Waals surface area contributed by atoms with Gasteiger partial charge in [-0.2, -0.15) is 0 Å². The van der Waals surface area contributed by atoms with Crippen LogP contribution >= 0.6 is 11.6 Å². The highest BCUT2D eigenvalue weighted by atomic mass is 35.5. The Hall–Kier alpha value is -2.04. The van der Waals surface area contributed by atoms with Crippen LogP contribution in [0, 0.1) is 0 Å². The summed E-state index contributed by atoms with van der Waals surface area (Å²) in [7, 11) is 1.36. The second-order valence-electron chi connectivity index (χ2n) is 4.99. The third kappa shape index (κ3) is 4.00. The van der Waals surface area contributed by atoms with Crippen molar-refractivity contribution in [1.29, 1.82) is 0 Å². The van der Waals surface area contributed by atoms with Gasteiger partial charge in [0.05, 0.1) is 12.7 Å². The minimum absolute atomic E-state index is 0.0565. The molecule has 0 saturated heterocycles. The molecule has 2 N–H and O–H groups in total. The first kappa shape index (κ1) is 16.3. The van der Waals surface area contributed by atoms with Crippen LogP contribution in [0.5, 0.6) is 5.75 Å². The van der Waals surface area contributed by atoms with Gasteiger partial charge in [0.1, 0.15) is 5.75 Å². The standard InChI is InChI=1S/C17H18ClNO3/c1-11(15-9-14(18)7-8-16(15)20)19-10-12-3-5-13(6-4-12)17(21)22-2/h3-9,11,19-20H,10H2,1-2H3. The fourth-order valence-corrected chi connectivity index (χ4v) is 2.31. The van der Waals surface area contributed by atoms with Crippen molar-refractivity contribution in [3.05, 3.63) is 64.2 Å². The second kappa shape index (κ2) is 7.29. The molecule has 0 aliphatic heterocycles. The number of nitrogens with one attached hydrogen (secondary N) is 1. The number of rotatable bonds is 5. The molecule has 2 aromatic carbocycles. The third-order valence-electron chi connectivity index (χ3n) is 3.44. The van der Waals surface area contributed by atoms with Crippen molar-refractivity contribution in [2.45, 2.75) is 19.5 Å². The Morgan fingerprint density at radius 2 is 1.95 bits per heavy atom. The van der Waals surface area contributed by atoms with Crippen molar-refractivity contribution < 1.29 is 14.6 Å². The maximum absolute atomic E-state index is 11.4. The van der Waals surface area contributed by atoms with Crippen molar-refractivity contribution in [2.24, 2.45) is 0 Å². The van der Waals surface area contributed by atoms with Crippen LogP contribution in [0.25, 0.3) is 0 Å². The smallest absolute Gasteiger partial charge is 0.337 e. The van der Waals surface area contributed by atoms with E-state index in [1.807, 2.05) is 19.1 Å². The van der Waals surface area contributed by atoms with E-state index in [9.17, 15) is 9.90 Å². The zero-order valence-corrected chi connectivity index (χ0v) is 13.2. The average Bonchev–Trinajstić information content (AvgIpc) is 2.54. The number of ether oxygens (including phenoxy) is 1. The Morgan fingerprint density at radius 1 is 1.27 bits per heavy atom. The van der Waals surface area contributed by atoms with Crippen molar-refractivity contribution in [1.82, 2.24) is 5.32 Å². The normalized spacial score (nSPS) is 12.0. The lowest BCUT2D eigenvalue weighted by molar-refractivity contribution is 0.0600. The Bertz CT molecular complexity index is 655. The number of phenolic OH excluding ortho intramolecular Hbond substituents is 1. The van der Waals surface area contributed by atoms with Gasteiger partial charge in [-0.3, -0.25) is 0 Å². The van der Waals surface area contributed by atoms with E-state index in [-0.39, 0.29) is 17.8 Å². The predicted octanol–water partition coefficient (Wildman–Crippen LogP) is 3.68. The maximum Gasteiger partial charge on any atom is 0.337 e. The van der Waals surface area contributed by atoms with Crippen molar-refractivity contribution in [3.63, 3.8) is 0 Å². The van der Waals surface area contributed by atoms with Gasteiger partial charge in [0, 0.05) is 23.2 Å². The van der Waals surface area contributed by atoms with E-state index in [4.69, 9.17) is 11.6 Å². The highest BCUT2D eigenvalue weighted by Gasteiger charge is 2.11. The number of benzene rings is 2. The molecule has 22 heavy (non-hydrogen) atoms. The van der Waals surface area contributed by atoms with Gasteiger partial charge in [0.25, 0.3) is 0 Å².